The first-order valence-electron chi connectivity index (χ1n) is 7.16. The SMILES string of the molecule is CNc1nc(C2CCCO2)nc(C2CCCC2)c1Br. The van der Waals surface area contributed by atoms with Gasteiger partial charge in [0.25, 0.3) is 0 Å². The van der Waals surface area contributed by atoms with E-state index in [-0.39, 0.29) is 6.10 Å². The van der Waals surface area contributed by atoms with Crippen LogP contribution in [0.25, 0.3) is 0 Å². The fourth-order valence-electron chi connectivity index (χ4n) is 3.04. The van der Waals surface area contributed by atoms with Gasteiger partial charge in [-0.2, -0.15) is 0 Å². The van der Waals surface area contributed by atoms with Gasteiger partial charge in [-0.05, 0) is 41.6 Å². The minimum absolute atomic E-state index is 0.0837. The van der Waals surface area contributed by atoms with E-state index < -0.39 is 0 Å². The number of aromatic nitrogens is 2. The number of rotatable bonds is 3. The molecular weight excluding hydrogens is 306 g/mol. The number of hydrogen-bond acceptors (Lipinski definition) is 4. The summed E-state index contributed by atoms with van der Waals surface area (Å²) >= 11 is 3.67. The number of halogens is 1. The third kappa shape index (κ3) is 2.63. The van der Waals surface area contributed by atoms with Crippen molar-refractivity contribution in [1.29, 1.82) is 0 Å². The predicted octanol–water partition coefficient (Wildman–Crippen LogP) is 3.79. The van der Waals surface area contributed by atoms with Crippen LogP contribution in [0.1, 0.15) is 62.1 Å². The van der Waals surface area contributed by atoms with Crippen molar-refractivity contribution in [1.82, 2.24) is 9.97 Å². The van der Waals surface area contributed by atoms with Crippen molar-refractivity contribution in [2.75, 3.05) is 19.0 Å². The number of nitrogens with zero attached hydrogens (tertiary/aromatic N) is 2. The normalized spacial score (nSPS) is 24.0. The molecule has 3 rings (SSSR count). The molecule has 1 aliphatic heterocycles. The molecule has 1 atom stereocenters. The minimum Gasteiger partial charge on any atom is -0.372 e. The highest BCUT2D eigenvalue weighted by Gasteiger charge is 2.27. The van der Waals surface area contributed by atoms with Gasteiger partial charge in [0, 0.05) is 19.6 Å². The molecule has 1 saturated carbocycles. The van der Waals surface area contributed by atoms with Gasteiger partial charge in [-0.1, -0.05) is 12.8 Å². The van der Waals surface area contributed by atoms with Gasteiger partial charge in [0.1, 0.15) is 11.9 Å². The third-order valence-corrected chi connectivity index (χ3v) is 4.87. The second-order valence-corrected chi connectivity index (χ2v) is 6.16. The van der Waals surface area contributed by atoms with Crippen molar-refractivity contribution in [3.8, 4) is 0 Å². The second-order valence-electron chi connectivity index (χ2n) is 5.36. The molecule has 0 bridgehead atoms. The molecule has 1 aromatic rings. The molecule has 1 saturated heterocycles. The molecule has 0 spiro atoms. The number of ether oxygens (including phenoxy) is 1. The lowest BCUT2D eigenvalue weighted by molar-refractivity contribution is 0.105. The van der Waals surface area contributed by atoms with Crippen LogP contribution in [0.3, 0.4) is 0 Å². The molecule has 2 aliphatic rings. The topological polar surface area (TPSA) is 47.0 Å². The molecule has 0 radical (unpaired) electrons. The average molecular weight is 326 g/mol. The van der Waals surface area contributed by atoms with Gasteiger partial charge >= 0.3 is 0 Å². The molecule has 1 N–H and O–H groups in total. The van der Waals surface area contributed by atoms with Crippen LogP contribution >= 0.6 is 15.9 Å². The van der Waals surface area contributed by atoms with E-state index in [9.17, 15) is 0 Å². The molecule has 104 valence electrons. The van der Waals surface area contributed by atoms with Gasteiger partial charge in [0.15, 0.2) is 5.82 Å². The maximum absolute atomic E-state index is 5.73. The number of anilines is 1. The number of hydrogen-bond donors (Lipinski definition) is 1. The Labute approximate surface area is 122 Å². The van der Waals surface area contributed by atoms with Crippen LogP contribution in [-0.2, 0) is 4.74 Å². The van der Waals surface area contributed by atoms with E-state index in [1.54, 1.807) is 0 Å². The van der Waals surface area contributed by atoms with Gasteiger partial charge in [0.2, 0.25) is 0 Å². The van der Waals surface area contributed by atoms with Crippen LogP contribution in [0.15, 0.2) is 4.47 Å². The summed E-state index contributed by atoms with van der Waals surface area (Å²) in [6.07, 6.45) is 7.33. The summed E-state index contributed by atoms with van der Waals surface area (Å²) in [7, 11) is 1.91. The van der Waals surface area contributed by atoms with Crippen molar-refractivity contribution in [2.24, 2.45) is 0 Å². The standard InChI is InChI=1S/C14H20BrN3O/c1-16-14-11(15)12(9-5-2-3-6-9)17-13(18-14)10-7-4-8-19-10/h9-10H,2-8H2,1H3,(H,16,17,18). The fraction of sp³-hybridized carbons (Fsp3) is 0.714. The van der Waals surface area contributed by atoms with Crippen molar-refractivity contribution in [3.05, 3.63) is 16.0 Å². The van der Waals surface area contributed by atoms with E-state index in [1.165, 1.54) is 31.4 Å². The molecule has 2 heterocycles. The summed E-state index contributed by atoms with van der Waals surface area (Å²) in [5.41, 5.74) is 1.17. The predicted molar refractivity (Wildman–Crippen MR) is 78.4 cm³/mol. The molecule has 0 amide bonds. The molecule has 1 aromatic heterocycles. The lowest BCUT2D eigenvalue weighted by atomic mass is 10.0. The lowest BCUT2D eigenvalue weighted by Gasteiger charge is -2.17. The van der Waals surface area contributed by atoms with E-state index >= 15 is 0 Å². The molecular formula is C14H20BrN3O. The zero-order valence-electron chi connectivity index (χ0n) is 11.3. The van der Waals surface area contributed by atoms with Gasteiger partial charge in [-0.3, -0.25) is 0 Å². The quantitative estimate of drug-likeness (QED) is 0.918. The van der Waals surface area contributed by atoms with E-state index in [2.05, 4.69) is 26.2 Å². The molecule has 0 aromatic carbocycles. The lowest BCUT2D eigenvalue weighted by Crippen LogP contribution is -2.11. The highest BCUT2D eigenvalue weighted by molar-refractivity contribution is 9.10. The van der Waals surface area contributed by atoms with E-state index in [1.807, 2.05) is 7.05 Å². The summed E-state index contributed by atoms with van der Waals surface area (Å²) in [5.74, 6) is 2.32. The van der Waals surface area contributed by atoms with Crippen LogP contribution in [-0.4, -0.2) is 23.6 Å². The molecule has 4 nitrogen and oxygen atoms in total. The van der Waals surface area contributed by atoms with Crippen LogP contribution in [0.4, 0.5) is 5.82 Å². The largest absolute Gasteiger partial charge is 0.372 e. The van der Waals surface area contributed by atoms with Crippen LogP contribution < -0.4 is 5.32 Å². The van der Waals surface area contributed by atoms with Gasteiger partial charge in [-0.25, -0.2) is 9.97 Å². The Morgan fingerprint density at radius 1 is 1.16 bits per heavy atom. The Kier molecular flexibility index (Phi) is 4.03. The Morgan fingerprint density at radius 3 is 2.58 bits per heavy atom. The van der Waals surface area contributed by atoms with Crippen LogP contribution in [0, 0.1) is 0 Å². The molecule has 19 heavy (non-hydrogen) atoms. The summed E-state index contributed by atoms with van der Waals surface area (Å²) < 4.78 is 6.76. The number of nitrogens with one attached hydrogen (secondary N) is 1. The fourth-order valence-corrected chi connectivity index (χ4v) is 3.74. The van der Waals surface area contributed by atoms with Crippen LogP contribution in [0.2, 0.25) is 0 Å². The van der Waals surface area contributed by atoms with Gasteiger partial charge in [0.05, 0.1) is 10.2 Å². The van der Waals surface area contributed by atoms with Gasteiger partial charge in [-0.15, -0.1) is 0 Å². The Morgan fingerprint density at radius 2 is 1.95 bits per heavy atom. The van der Waals surface area contributed by atoms with Crippen molar-refractivity contribution in [2.45, 2.75) is 50.5 Å². The molecule has 1 aliphatic carbocycles. The molecule has 2 fully saturated rings. The summed E-state index contributed by atoms with van der Waals surface area (Å²) in [4.78, 5) is 9.43. The summed E-state index contributed by atoms with van der Waals surface area (Å²) in [6.45, 7) is 0.831. The Bertz CT molecular complexity index is 454. The smallest absolute Gasteiger partial charge is 0.159 e. The first-order valence-corrected chi connectivity index (χ1v) is 7.95. The summed E-state index contributed by atoms with van der Waals surface area (Å²) in [6, 6.07) is 0. The molecule has 5 heteroatoms. The maximum Gasteiger partial charge on any atom is 0.159 e. The zero-order chi connectivity index (χ0) is 13.2. The first kappa shape index (κ1) is 13.3. The van der Waals surface area contributed by atoms with E-state index in [0.717, 1.165) is 35.6 Å². The van der Waals surface area contributed by atoms with Crippen molar-refractivity contribution >= 4 is 21.7 Å². The average Bonchev–Trinajstić information content (AvgIpc) is 3.12. The Balaban J connectivity index is 1.98. The maximum atomic E-state index is 5.73. The van der Waals surface area contributed by atoms with Crippen molar-refractivity contribution < 1.29 is 4.74 Å². The van der Waals surface area contributed by atoms with Gasteiger partial charge < -0.3 is 10.1 Å². The van der Waals surface area contributed by atoms with Crippen LogP contribution in [0.5, 0.6) is 0 Å². The summed E-state index contributed by atoms with van der Waals surface area (Å²) in [5, 5.41) is 3.17. The van der Waals surface area contributed by atoms with E-state index in [0.29, 0.717) is 5.92 Å². The monoisotopic (exact) mass is 325 g/mol. The second kappa shape index (κ2) is 5.75. The highest BCUT2D eigenvalue weighted by Crippen LogP contribution is 2.40. The minimum atomic E-state index is 0.0837. The van der Waals surface area contributed by atoms with E-state index in [4.69, 9.17) is 9.72 Å². The zero-order valence-corrected chi connectivity index (χ0v) is 12.9. The highest BCUT2D eigenvalue weighted by atomic mass is 79.9. The van der Waals surface area contributed by atoms with Crippen molar-refractivity contribution in [3.63, 3.8) is 0 Å². The Hall–Kier alpha value is -0.680. The molecule has 1 unspecified atom stereocenters. The first-order chi connectivity index (χ1) is 9.29. The third-order valence-electron chi connectivity index (χ3n) is 4.09.